The van der Waals surface area contributed by atoms with Gasteiger partial charge in [0.1, 0.15) is 17.6 Å². The van der Waals surface area contributed by atoms with Gasteiger partial charge >= 0.3 is 0 Å². The lowest BCUT2D eigenvalue weighted by Gasteiger charge is -2.16. The number of ether oxygens (including phenoxy) is 2. The van der Waals surface area contributed by atoms with Crippen molar-refractivity contribution in [2.45, 2.75) is 26.0 Å². The Morgan fingerprint density at radius 1 is 1.36 bits per heavy atom. The number of para-hydroxylation sites is 1. The molecule has 1 saturated heterocycles. The summed E-state index contributed by atoms with van der Waals surface area (Å²) in [6, 6.07) is 11.7. The van der Waals surface area contributed by atoms with Crippen LogP contribution in [-0.4, -0.2) is 48.6 Å². The normalized spacial score (nSPS) is 17.0. The zero-order chi connectivity index (χ0) is 19.8. The van der Waals surface area contributed by atoms with Crippen LogP contribution in [0.2, 0.25) is 0 Å². The van der Waals surface area contributed by atoms with Crippen molar-refractivity contribution in [3.8, 4) is 11.5 Å². The summed E-state index contributed by atoms with van der Waals surface area (Å²) in [5.41, 5.74) is 1.88. The highest BCUT2D eigenvalue weighted by molar-refractivity contribution is 5.72. The van der Waals surface area contributed by atoms with E-state index in [4.69, 9.17) is 9.47 Å². The predicted octanol–water partition coefficient (Wildman–Crippen LogP) is 2.89. The Kier molecular flexibility index (Phi) is 7.03. The summed E-state index contributed by atoms with van der Waals surface area (Å²) in [4.78, 5) is 17.7. The van der Waals surface area contributed by atoms with E-state index in [1.54, 1.807) is 13.3 Å². The number of carbonyl (C=O) groups is 1. The van der Waals surface area contributed by atoms with Crippen LogP contribution in [0.25, 0.3) is 6.08 Å². The number of hydrogen-bond acceptors (Lipinski definition) is 5. The number of carbonyl (C=O) groups excluding carboxylic acids is 1. The van der Waals surface area contributed by atoms with Crippen LogP contribution < -0.4 is 14.8 Å². The highest BCUT2D eigenvalue weighted by Crippen LogP contribution is 2.20. The lowest BCUT2D eigenvalue weighted by Crippen LogP contribution is -2.25. The standard InChI is InChI=1S/C22H27N3O3/c1-17(26)24-15-19-14-20(9-11-23-19)28-21-10-13-25(16-21)12-5-7-18-6-3-4-8-22(18)27-2/h3-9,11,14,21H,10,12-13,15-16H2,1-2H3,(H,24,26)/b7-5+. The molecule has 1 fully saturated rings. The van der Waals surface area contributed by atoms with Crippen LogP contribution in [0.15, 0.2) is 48.7 Å². The summed E-state index contributed by atoms with van der Waals surface area (Å²) >= 11 is 0. The highest BCUT2D eigenvalue weighted by atomic mass is 16.5. The fourth-order valence-corrected chi connectivity index (χ4v) is 3.23. The zero-order valence-corrected chi connectivity index (χ0v) is 16.4. The first kappa shape index (κ1) is 19.9. The van der Waals surface area contributed by atoms with Crippen molar-refractivity contribution >= 4 is 12.0 Å². The number of hydrogen-bond donors (Lipinski definition) is 1. The molecule has 1 aromatic heterocycles. The largest absolute Gasteiger partial charge is 0.496 e. The van der Waals surface area contributed by atoms with E-state index >= 15 is 0 Å². The molecule has 3 rings (SSSR count). The number of rotatable bonds is 8. The van der Waals surface area contributed by atoms with Crippen molar-refractivity contribution < 1.29 is 14.3 Å². The van der Waals surface area contributed by atoms with Gasteiger partial charge in [0.25, 0.3) is 0 Å². The molecular weight excluding hydrogens is 354 g/mol. The van der Waals surface area contributed by atoms with Crippen LogP contribution in [0, 0.1) is 0 Å². The van der Waals surface area contributed by atoms with Crippen LogP contribution >= 0.6 is 0 Å². The minimum Gasteiger partial charge on any atom is -0.496 e. The number of aromatic nitrogens is 1. The van der Waals surface area contributed by atoms with E-state index in [2.05, 4.69) is 27.4 Å². The van der Waals surface area contributed by atoms with Crippen molar-refractivity contribution in [2.24, 2.45) is 0 Å². The summed E-state index contributed by atoms with van der Waals surface area (Å²) in [6.07, 6.45) is 7.14. The first-order valence-corrected chi connectivity index (χ1v) is 9.52. The molecule has 28 heavy (non-hydrogen) atoms. The maximum absolute atomic E-state index is 11.0. The molecule has 1 aliphatic rings. The second kappa shape index (κ2) is 9.90. The molecule has 6 nitrogen and oxygen atoms in total. The van der Waals surface area contributed by atoms with Gasteiger partial charge in [-0.25, -0.2) is 0 Å². The SMILES string of the molecule is COc1ccccc1/C=C/CN1CCC(Oc2ccnc(CNC(C)=O)c2)C1. The van der Waals surface area contributed by atoms with Crippen molar-refractivity contribution in [3.63, 3.8) is 0 Å². The van der Waals surface area contributed by atoms with Crippen molar-refractivity contribution in [1.29, 1.82) is 0 Å². The van der Waals surface area contributed by atoms with Crippen molar-refractivity contribution in [1.82, 2.24) is 15.2 Å². The number of nitrogens with zero attached hydrogens (tertiary/aromatic N) is 2. The zero-order valence-electron chi connectivity index (χ0n) is 16.4. The first-order chi connectivity index (χ1) is 13.6. The molecule has 0 aliphatic carbocycles. The molecule has 1 aromatic carbocycles. The van der Waals surface area contributed by atoms with Gasteiger partial charge < -0.3 is 14.8 Å². The van der Waals surface area contributed by atoms with E-state index in [1.165, 1.54) is 6.92 Å². The quantitative estimate of drug-likeness (QED) is 0.762. The third kappa shape index (κ3) is 5.82. The molecule has 2 aromatic rings. The van der Waals surface area contributed by atoms with Crippen LogP contribution in [0.4, 0.5) is 0 Å². The molecule has 1 amide bonds. The Balaban J connectivity index is 1.48. The van der Waals surface area contributed by atoms with Gasteiger partial charge in [-0.2, -0.15) is 0 Å². The van der Waals surface area contributed by atoms with E-state index in [1.807, 2.05) is 36.4 Å². The lowest BCUT2D eigenvalue weighted by molar-refractivity contribution is -0.119. The smallest absolute Gasteiger partial charge is 0.217 e. The highest BCUT2D eigenvalue weighted by Gasteiger charge is 2.23. The van der Waals surface area contributed by atoms with Gasteiger partial charge in [0.2, 0.25) is 5.91 Å². The fourth-order valence-electron chi connectivity index (χ4n) is 3.23. The fraction of sp³-hybridized carbons (Fsp3) is 0.364. The first-order valence-electron chi connectivity index (χ1n) is 9.52. The third-order valence-electron chi connectivity index (χ3n) is 4.64. The van der Waals surface area contributed by atoms with Crippen LogP contribution in [0.5, 0.6) is 11.5 Å². The summed E-state index contributed by atoms with van der Waals surface area (Å²) in [7, 11) is 1.69. The van der Waals surface area contributed by atoms with Gasteiger partial charge in [-0.15, -0.1) is 0 Å². The topological polar surface area (TPSA) is 63.7 Å². The molecule has 0 spiro atoms. The van der Waals surface area contributed by atoms with E-state index in [0.717, 1.165) is 48.8 Å². The van der Waals surface area contributed by atoms with Gasteiger partial charge in [-0.05, 0) is 18.6 Å². The molecule has 2 heterocycles. The van der Waals surface area contributed by atoms with Gasteiger partial charge in [0.05, 0.1) is 19.3 Å². The molecule has 0 radical (unpaired) electrons. The monoisotopic (exact) mass is 381 g/mol. The van der Waals surface area contributed by atoms with Gasteiger partial charge in [-0.3, -0.25) is 14.7 Å². The van der Waals surface area contributed by atoms with E-state index in [9.17, 15) is 4.79 Å². The molecule has 0 bridgehead atoms. The minimum atomic E-state index is -0.0688. The lowest BCUT2D eigenvalue weighted by atomic mass is 10.2. The third-order valence-corrected chi connectivity index (χ3v) is 4.64. The maximum atomic E-state index is 11.0. The maximum Gasteiger partial charge on any atom is 0.217 e. The number of likely N-dealkylation sites (tertiary alicyclic amines) is 1. The second-order valence-corrected chi connectivity index (χ2v) is 6.83. The minimum absolute atomic E-state index is 0.0688. The van der Waals surface area contributed by atoms with E-state index in [-0.39, 0.29) is 12.0 Å². The summed E-state index contributed by atoms with van der Waals surface area (Å²) in [5, 5.41) is 2.75. The van der Waals surface area contributed by atoms with Crippen molar-refractivity contribution in [3.05, 3.63) is 59.9 Å². The van der Waals surface area contributed by atoms with Gasteiger partial charge in [0.15, 0.2) is 0 Å². The van der Waals surface area contributed by atoms with Gasteiger partial charge in [-0.1, -0.05) is 30.4 Å². The Bertz CT molecular complexity index is 822. The Hall–Kier alpha value is -2.86. The van der Waals surface area contributed by atoms with E-state index in [0.29, 0.717) is 6.54 Å². The van der Waals surface area contributed by atoms with Crippen LogP contribution in [0.1, 0.15) is 24.6 Å². The average Bonchev–Trinajstić information content (AvgIpc) is 3.14. The van der Waals surface area contributed by atoms with Crippen LogP contribution in [-0.2, 0) is 11.3 Å². The van der Waals surface area contributed by atoms with Crippen LogP contribution in [0.3, 0.4) is 0 Å². The summed E-state index contributed by atoms with van der Waals surface area (Å²) in [5.74, 6) is 1.61. The average molecular weight is 381 g/mol. The van der Waals surface area contributed by atoms with Gasteiger partial charge in [0, 0.05) is 44.4 Å². The molecule has 0 saturated carbocycles. The molecule has 1 atom stereocenters. The molecule has 6 heteroatoms. The molecule has 1 aliphatic heterocycles. The molecular formula is C22H27N3O3. The Morgan fingerprint density at radius 3 is 3.04 bits per heavy atom. The molecule has 148 valence electrons. The number of benzene rings is 1. The van der Waals surface area contributed by atoms with E-state index < -0.39 is 0 Å². The molecule has 1 unspecified atom stereocenters. The number of methoxy groups -OCH3 is 1. The Labute approximate surface area is 166 Å². The van der Waals surface area contributed by atoms with Crippen molar-refractivity contribution in [2.75, 3.05) is 26.7 Å². The number of nitrogens with one attached hydrogen (secondary N) is 1. The number of pyridine rings is 1. The Morgan fingerprint density at radius 2 is 2.21 bits per heavy atom. The number of amides is 1. The second-order valence-electron chi connectivity index (χ2n) is 6.83. The predicted molar refractivity (Wildman–Crippen MR) is 109 cm³/mol. The molecule has 1 N–H and O–H groups in total. The summed E-state index contributed by atoms with van der Waals surface area (Å²) < 4.78 is 11.5. The summed E-state index contributed by atoms with van der Waals surface area (Å²) in [6.45, 7) is 4.68.